The van der Waals surface area contributed by atoms with Gasteiger partial charge in [0.05, 0.1) is 4.92 Å². The van der Waals surface area contributed by atoms with Gasteiger partial charge in [0, 0.05) is 17.6 Å². The summed E-state index contributed by atoms with van der Waals surface area (Å²) in [6, 6.07) is 0. The van der Waals surface area contributed by atoms with Gasteiger partial charge in [-0.1, -0.05) is 11.6 Å². The fourth-order valence-electron chi connectivity index (χ4n) is 1.69. The SMILES string of the molecule is CN1COCN(Cc2cnc(Cl)s2)C1[N+](=O)[O-]. The average Bonchev–Trinajstić information content (AvgIpc) is 2.63. The molecule has 1 aromatic heterocycles. The van der Waals surface area contributed by atoms with Crippen molar-refractivity contribution in [1.29, 1.82) is 0 Å². The summed E-state index contributed by atoms with van der Waals surface area (Å²) in [6.45, 7) is 0.886. The van der Waals surface area contributed by atoms with E-state index in [9.17, 15) is 10.1 Å². The molecule has 7 nitrogen and oxygen atoms in total. The van der Waals surface area contributed by atoms with Crippen LogP contribution in [0, 0.1) is 10.1 Å². The summed E-state index contributed by atoms with van der Waals surface area (Å²) in [7, 11) is 1.65. The zero-order valence-corrected chi connectivity index (χ0v) is 10.6. The topological polar surface area (TPSA) is 71.7 Å². The zero-order chi connectivity index (χ0) is 12.4. The highest BCUT2D eigenvalue weighted by Crippen LogP contribution is 2.22. The van der Waals surface area contributed by atoms with Gasteiger partial charge in [-0.25, -0.2) is 9.88 Å². The molecule has 94 valence electrons. The predicted molar refractivity (Wildman–Crippen MR) is 62.0 cm³/mol. The molecule has 0 radical (unpaired) electrons. The Bertz CT molecular complexity index is 415. The first-order valence-corrected chi connectivity index (χ1v) is 6.03. The minimum absolute atomic E-state index is 0.228. The molecular formula is C8H11ClN4O3S. The Hall–Kier alpha value is -0.800. The van der Waals surface area contributed by atoms with Crippen LogP contribution < -0.4 is 0 Å². The van der Waals surface area contributed by atoms with Crippen molar-refractivity contribution in [1.82, 2.24) is 14.8 Å². The standard InChI is InChI=1S/C8H11ClN4O3S/c1-11-4-16-5-12(8(11)13(14)15)3-6-2-10-7(9)17-6/h2,8H,3-5H2,1H3. The van der Waals surface area contributed by atoms with Crippen LogP contribution in [-0.4, -0.2) is 46.5 Å². The number of thiazole rings is 1. The van der Waals surface area contributed by atoms with E-state index >= 15 is 0 Å². The number of nitro groups is 1. The summed E-state index contributed by atoms with van der Waals surface area (Å²) in [4.78, 5) is 18.6. The van der Waals surface area contributed by atoms with Crippen molar-refractivity contribution in [2.24, 2.45) is 0 Å². The van der Waals surface area contributed by atoms with E-state index in [1.54, 1.807) is 18.1 Å². The van der Waals surface area contributed by atoms with Gasteiger partial charge in [-0.15, -0.1) is 11.3 Å². The van der Waals surface area contributed by atoms with E-state index in [0.29, 0.717) is 11.0 Å². The molecule has 0 amide bonds. The molecular weight excluding hydrogens is 268 g/mol. The number of rotatable bonds is 3. The molecule has 2 heterocycles. The van der Waals surface area contributed by atoms with Crippen LogP contribution in [0.3, 0.4) is 0 Å². The minimum Gasteiger partial charge on any atom is -0.350 e. The van der Waals surface area contributed by atoms with Gasteiger partial charge in [0.1, 0.15) is 13.5 Å². The van der Waals surface area contributed by atoms with E-state index in [0.717, 1.165) is 4.88 Å². The van der Waals surface area contributed by atoms with Crippen LogP contribution in [0.25, 0.3) is 0 Å². The summed E-state index contributed by atoms with van der Waals surface area (Å²) in [5.74, 6) is 0. The van der Waals surface area contributed by atoms with E-state index in [2.05, 4.69) is 4.98 Å². The van der Waals surface area contributed by atoms with E-state index in [4.69, 9.17) is 16.3 Å². The normalized spacial score (nSPS) is 22.8. The van der Waals surface area contributed by atoms with Crippen molar-refractivity contribution in [2.75, 3.05) is 20.5 Å². The highest BCUT2D eigenvalue weighted by molar-refractivity contribution is 7.15. The molecule has 0 spiro atoms. The maximum Gasteiger partial charge on any atom is 0.331 e. The molecule has 1 saturated heterocycles. The number of nitrogens with zero attached hydrogens (tertiary/aromatic N) is 4. The second-order valence-electron chi connectivity index (χ2n) is 3.68. The van der Waals surface area contributed by atoms with Gasteiger partial charge in [-0.3, -0.25) is 10.1 Å². The molecule has 1 aliphatic rings. The third kappa shape index (κ3) is 2.90. The lowest BCUT2D eigenvalue weighted by atomic mass is 10.4. The maximum absolute atomic E-state index is 11.0. The Kier molecular flexibility index (Phi) is 3.89. The van der Waals surface area contributed by atoms with Crippen molar-refractivity contribution in [3.63, 3.8) is 0 Å². The number of halogens is 1. The van der Waals surface area contributed by atoms with E-state index in [1.807, 2.05) is 0 Å². The van der Waals surface area contributed by atoms with Crippen LogP contribution >= 0.6 is 22.9 Å². The van der Waals surface area contributed by atoms with E-state index in [1.165, 1.54) is 16.2 Å². The Morgan fingerprint density at radius 3 is 3.12 bits per heavy atom. The monoisotopic (exact) mass is 278 g/mol. The van der Waals surface area contributed by atoms with Gasteiger partial charge in [-0.05, 0) is 7.05 Å². The summed E-state index contributed by atoms with van der Waals surface area (Å²) < 4.78 is 5.69. The smallest absolute Gasteiger partial charge is 0.331 e. The Morgan fingerprint density at radius 1 is 1.76 bits per heavy atom. The molecule has 1 atom stereocenters. The van der Waals surface area contributed by atoms with Crippen LogP contribution in [0.15, 0.2) is 6.20 Å². The molecule has 2 rings (SSSR count). The second kappa shape index (κ2) is 5.23. The quantitative estimate of drug-likeness (QED) is 0.608. The van der Waals surface area contributed by atoms with Crippen molar-refractivity contribution >= 4 is 22.9 Å². The molecule has 0 saturated carbocycles. The summed E-state index contributed by atoms with van der Waals surface area (Å²) in [5, 5.41) is 11.0. The lowest BCUT2D eigenvalue weighted by Gasteiger charge is -2.34. The lowest BCUT2D eigenvalue weighted by Crippen LogP contribution is -2.56. The fourth-order valence-corrected chi connectivity index (χ4v) is 2.70. The molecule has 0 aromatic carbocycles. The third-order valence-corrected chi connectivity index (χ3v) is 3.45. The molecule has 1 aliphatic heterocycles. The highest BCUT2D eigenvalue weighted by Gasteiger charge is 2.36. The Morgan fingerprint density at radius 2 is 2.53 bits per heavy atom. The number of hydrogen-bond acceptors (Lipinski definition) is 7. The zero-order valence-electron chi connectivity index (χ0n) is 9.08. The second-order valence-corrected chi connectivity index (χ2v) is 5.37. The maximum atomic E-state index is 11.0. The van der Waals surface area contributed by atoms with Gasteiger partial charge in [0.25, 0.3) is 0 Å². The minimum atomic E-state index is -0.871. The Labute approximate surface area is 107 Å². The van der Waals surface area contributed by atoms with Crippen LogP contribution in [0.4, 0.5) is 0 Å². The molecule has 9 heteroatoms. The highest BCUT2D eigenvalue weighted by atomic mass is 35.5. The third-order valence-electron chi connectivity index (χ3n) is 2.35. The average molecular weight is 279 g/mol. The molecule has 17 heavy (non-hydrogen) atoms. The van der Waals surface area contributed by atoms with Gasteiger partial charge < -0.3 is 4.74 Å². The first-order chi connectivity index (χ1) is 8.08. The van der Waals surface area contributed by atoms with Crippen molar-refractivity contribution < 1.29 is 9.66 Å². The van der Waals surface area contributed by atoms with Gasteiger partial charge in [0.15, 0.2) is 4.47 Å². The summed E-state index contributed by atoms with van der Waals surface area (Å²) in [5.41, 5.74) is 0. The van der Waals surface area contributed by atoms with Gasteiger partial charge in [0.2, 0.25) is 0 Å². The molecule has 1 unspecified atom stereocenters. The number of hydrogen-bond donors (Lipinski definition) is 0. The van der Waals surface area contributed by atoms with Crippen LogP contribution in [-0.2, 0) is 11.3 Å². The Balaban J connectivity index is 2.09. The van der Waals surface area contributed by atoms with Crippen molar-refractivity contribution in [3.8, 4) is 0 Å². The van der Waals surface area contributed by atoms with Gasteiger partial charge in [-0.2, -0.15) is 4.90 Å². The predicted octanol–water partition coefficient (Wildman–Crippen LogP) is 1.04. The summed E-state index contributed by atoms with van der Waals surface area (Å²) >= 11 is 7.03. The van der Waals surface area contributed by atoms with Gasteiger partial charge >= 0.3 is 6.29 Å². The fraction of sp³-hybridized carbons (Fsp3) is 0.625. The molecule has 0 aliphatic carbocycles. The largest absolute Gasteiger partial charge is 0.350 e. The van der Waals surface area contributed by atoms with E-state index in [-0.39, 0.29) is 18.4 Å². The van der Waals surface area contributed by atoms with Crippen LogP contribution in [0.5, 0.6) is 0 Å². The first kappa shape index (κ1) is 12.7. The van der Waals surface area contributed by atoms with Crippen LogP contribution in [0.2, 0.25) is 4.47 Å². The molecule has 1 aromatic rings. The number of aromatic nitrogens is 1. The molecule has 0 bridgehead atoms. The van der Waals surface area contributed by atoms with Crippen molar-refractivity contribution in [2.45, 2.75) is 12.8 Å². The number of ether oxygens (including phenoxy) is 1. The van der Waals surface area contributed by atoms with Crippen LogP contribution in [0.1, 0.15) is 4.88 Å². The van der Waals surface area contributed by atoms with E-state index < -0.39 is 6.29 Å². The summed E-state index contributed by atoms with van der Waals surface area (Å²) in [6.07, 6.45) is 0.753. The molecule has 0 N–H and O–H groups in total. The first-order valence-electron chi connectivity index (χ1n) is 4.83. The van der Waals surface area contributed by atoms with Crippen molar-refractivity contribution in [3.05, 3.63) is 25.7 Å². The molecule has 1 fully saturated rings. The lowest BCUT2D eigenvalue weighted by molar-refractivity contribution is -0.592.